The van der Waals surface area contributed by atoms with Crippen molar-refractivity contribution in [3.05, 3.63) is 44.7 Å². The van der Waals surface area contributed by atoms with Crippen molar-refractivity contribution in [2.24, 2.45) is 0 Å². The number of fused-ring (bicyclic) bond motifs is 1. The van der Waals surface area contributed by atoms with E-state index in [1.54, 1.807) is 18.2 Å². The summed E-state index contributed by atoms with van der Waals surface area (Å²) in [5, 5.41) is 0.661. The van der Waals surface area contributed by atoms with E-state index in [9.17, 15) is 9.59 Å². The lowest BCUT2D eigenvalue weighted by Gasteiger charge is -2.01. The smallest absolute Gasteiger partial charge is 0.351 e. The lowest BCUT2D eigenvalue weighted by atomic mass is 10.2. The summed E-state index contributed by atoms with van der Waals surface area (Å²) >= 11 is 3.26. The summed E-state index contributed by atoms with van der Waals surface area (Å²) in [6.07, 6.45) is 0. The first-order valence-electron chi connectivity index (χ1n) is 4.44. The third kappa shape index (κ3) is 1.74. The van der Waals surface area contributed by atoms with Gasteiger partial charge in [-0.1, -0.05) is 12.1 Å². The maximum absolute atomic E-state index is 11.5. The fourth-order valence-corrected chi connectivity index (χ4v) is 1.82. The van der Waals surface area contributed by atoms with E-state index in [0.29, 0.717) is 15.4 Å². The zero-order chi connectivity index (χ0) is 11.7. The van der Waals surface area contributed by atoms with E-state index in [0.717, 1.165) is 0 Å². The number of hydrogen-bond acceptors (Lipinski definition) is 4. The van der Waals surface area contributed by atoms with Gasteiger partial charge in [0.1, 0.15) is 5.56 Å². The van der Waals surface area contributed by atoms with Crippen molar-refractivity contribution >= 4 is 32.9 Å². The van der Waals surface area contributed by atoms with Gasteiger partial charge in [0, 0.05) is 5.39 Å². The number of hydrogen-bond donors (Lipinski definition) is 0. The van der Waals surface area contributed by atoms with Gasteiger partial charge in [0.25, 0.3) is 0 Å². The molecule has 0 N–H and O–H groups in total. The molecule has 0 unspecified atom stereocenters. The van der Waals surface area contributed by atoms with Crippen LogP contribution in [0.5, 0.6) is 0 Å². The number of benzene rings is 1. The summed E-state index contributed by atoms with van der Waals surface area (Å²) in [6, 6.07) is 6.74. The van der Waals surface area contributed by atoms with Crippen molar-refractivity contribution in [3.8, 4) is 0 Å². The van der Waals surface area contributed by atoms with Crippen molar-refractivity contribution in [3.63, 3.8) is 0 Å². The van der Waals surface area contributed by atoms with E-state index in [1.165, 1.54) is 13.2 Å². The molecule has 5 heteroatoms. The second-order valence-electron chi connectivity index (χ2n) is 3.10. The third-order valence-corrected chi connectivity index (χ3v) is 2.74. The van der Waals surface area contributed by atoms with Crippen LogP contribution >= 0.6 is 15.9 Å². The molecule has 0 amide bonds. The maximum Gasteiger partial charge on any atom is 0.351 e. The molecule has 82 valence electrons. The van der Waals surface area contributed by atoms with E-state index in [-0.39, 0.29) is 5.56 Å². The molecule has 1 aromatic carbocycles. The number of ether oxygens (including phenoxy) is 1. The first kappa shape index (κ1) is 10.9. The van der Waals surface area contributed by atoms with Crippen molar-refractivity contribution in [1.29, 1.82) is 0 Å². The topological polar surface area (TPSA) is 56.5 Å². The molecular formula is C11H7BrO4. The van der Waals surface area contributed by atoms with Gasteiger partial charge in [-0.15, -0.1) is 0 Å². The minimum atomic E-state index is -0.703. The van der Waals surface area contributed by atoms with Crippen LogP contribution in [0.25, 0.3) is 11.0 Å². The Bertz CT molecular complexity index is 615. The van der Waals surface area contributed by atoms with Gasteiger partial charge in [0.05, 0.1) is 11.6 Å². The standard InChI is InChI=1S/C11H7BrO4/c1-15-10(13)7-5-6-3-2-4-8(12)9(6)16-11(7)14/h2-5H,1H3. The highest BCUT2D eigenvalue weighted by Crippen LogP contribution is 2.22. The van der Waals surface area contributed by atoms with Crippen LogP contribution in [0.2, 0.25) is 0 Å². The minimum Gasteiger partial charge on any atom is -0.465 e. The molecule has 0 radical (unpaired) electrons. The van der Waals surface area contributed by atoms with Gasteiger partial charge in [-0.05, 0) is 28.1 Å². The molecule has 0 saturated heterocycles. The Labute approximate surface area is 99.0 Å². The molecule has 0 bridgehead atoms. The van der Waals surface area contributed by atoms with Gasteiger partial charge in [-0.2, -0.15) is 0 Å². The predicted molar refractivity (Wildman–Crippen MR) is 61.5 cm³/mol. The molecule has 4 nitrogen and oxygen atoms in total. The zero-order valence-electron chi connectivity index (χ0n) is 8.32. The SMILES string of the molecule is COC(=O)c1cc2cccc(Br)c2oc1=O. The van der Waals surface area contributed by atoms with E-state index >= 15 is 0 Å². The molecule has 2 rings (SSSR count). The number of esters is 1. The van der Waals surface area contributed by atoms with E-state index in [4.69, 9.17) is 4.42 Å². The quantitative estimate of drug-likeness (QED) is 0.595. The summed E-state index contributed by atoms with van der Waals surface area (Å²) < 4.78 is 10.2. The Kier molecular flexibility index (Phi) is 2.78. The number of methoxy groups -OCH3 is 1. The molecule has 0 atom stereocenters. The first-order valence-corrected chi connectivity index (χ1v) is 5.23. The summed E-state index contributed by atoms with van der Waals surface area (Å²) in [5.41, 5.74) is -0.389. The fraction of sp³-hybridized carbons (Fsp3) is 0.0909. The van der Waals surface area contributed by atoms with Crippen molar-refractivity contribution in [1.82, 2.24) is 0 Å². The van der Waals surface area contributed by atoms with E-state index < -0.39 is 11.6 Å². The molecule has 1 aromatic heterocycles. The molecule has 16 heavy (non-hydrogen) atoms. The van der Waals surface area contributed by atoms with E-state index in [2.05, 4.69) is 20.7 Å². The molecule has 0 aliphatic rings. The van der Waals surface area contributed by atoms with Crippen LogP contribution in [-0.4, -0.2) is 13.1 Å². The molecule has 2 aromatic rings. The monoisotopic (exact) mass is 282 g/mol. The summed E-state index contributed by atoms with van der Waals surface area (Å²) in [6.45, 7) is 0. The highest BCUT2D eigenvalue weighted by atomic mass is 79.9. The summed E-state index contributed by atoms with van der Waals surface area (Å²) in [5.74, 6) is -0.698. The number of carbonyl (C=O) groups excluding carboxylic acids is 1. The molecule has 1 heterocycles. The van der Waals surface area contributed by atoms with Gasteiger partial charge < -0.3 is 9.15 Å². The average molecular weight is 283 g/mol. The minimum absolute atomic E-state index is 0.104. The molecular weight excluding hydrogens is 276 g/mol. The Balaban J connectivity index is 2.78. The summed E-state index contributed by atoms with van der Waals surface area (Å²) in [4.78, 5) is 22.8. The normalized spacial score (nSPS) is 10.4. The van der Waals surface area contributed by atoms with Crippen LogP contribution in [-0.2, 0) is 4.74 Å². The van der Waals surface area contributed by atoms with Crippen molar-refractivity contribution < 1.29 is 13.9 Å². The zero-order valence-corrected chi connectivity index (χ0v) is 9.91. The first-order chi connectivity index (χ1) is 7.63. The van der Waals surface area contributed by atoms with Crippen LogP contribution in [0.15, 0.2) is 37.9 Å². The highest BCUT2D eigenvalue weighted by molar-refractivity contribution is 9.10. The van der Waals surface area contributed by atoms with Crippen molar-refractivity contribution in [2.45, 2.75) is 0 Å². The molecule has 0 saturated carbocycles. The Hall–Kier alpha value is -1.62. The summed E-state index contributed by atoms with van der Waals surface area (Å²) in [7, 11) is 1.22. The van der Waals surface area contributed by atoms with Gasteiger partial charge in [-0.3, -0.25) is 0 Å². The Morgan fingerprint density at radius 3 is 2.88 bits per heavy atom. The number of para-hydroxylation sites is 1. The molecule has 0 aliphatic heterocycles. The van der Waals surface area contributed by atoms with Crippen LogP contribution in [0.3, 0.4) is 0 Å². The van der Waals surface area contributed by atoms with Gasteiger partial charge >= 0.3 is 11.6 Å². The average Bonchev–Trinajstić information content (AvgIpc) is 2.29. The molecule has 0 aliphatic carbocycles. The fourth-order valence-electron chi connectivity index (χ4n) is 1.36. The largest absolute Gasteiger partial charge is 0.465 e. The molecule has 0 spiro atoms. The molecule has 0 fully saturated rings. The Morgan fingerprint density at radius 2 is 2.19 bits per heavy atom. The van der Waals surface area contributed by atoms with Crippen LogP contribution in [0.4, 0.5) is 0 Å². The Morgan fingerprint density at radius 1 is 1.44 bits per heavy atom. The van der Waals surface area contributed by atoms with E-state index in [1.807, 2.05) is 0 Å². The van der Waals surface area contributed by atoms with Crippen molar-refractivity contribution in [2.75, 3.05) is 7.11 Å². The predicted octanol–water partition coefficient (Wildman–Crippen LogP) is 2.34. The third-order valence-electron chi connectivity index (χ3n) is 2.12. The van der Waals surface area contributed by atoms with Gasteiger partial charge in [0.2, 0.25) is 0 Å². The number of carbonyl (C=O) groups is 1. The second-order valence-corrected chi connectivity index (χ2v) is 3.95. The lowest BCUT2D eigenvalue weighted by Crippen LogP contribution is -2.14. The highest BCUT2D eigenvalue weighted by Gasteiger charge is 2.14. The van der Waals surface area contributed by atoms with Gasteiger partial charge in [0.15, 0.2) is 5.58 Å². The lowest BCUT2D eigenvalue weighted by molar-refractivity contribution is 0.0596. The van der Waals surface area contributed by atoms with Crippen LogP contribution in [0.1, 0.15) is 10.4 Å². The second kappa shape index (κ2) is 4.09. The number of halogens is 1. The van der Waals surface area contributed by atoms with Crippen LogP contribution < -0.4 is 5.63 Å². The van der Waals surface area contributed by atoms with Crippen LogP contribution in [0, 0.1) is 0 Å². The number of rotatable bonds is 1. The maximum atomic E-state index is 11.5. The van der Waals surface area contributed by atoms with Gasteiger partial charge in [-0.25, -0.2) is 9.59 Å².